The lowest BCUT2D eigenvalue weighted by molar-refractivity contribution is -0.117. The summed E-state index contributed by atoms with van der Waals surface area (Å²) in [5, 5.41) is 6.34. The van der Waals surface area contributed by atoms with Gasteiger partial charge in [0, 0.05) is 30.2 Å². The van der Waals surface area contributed by atoms with Crippen molar-refractivity contribution < 1.29 is 14.3 Å². The molecule has 0 aliphatic carbocycles. The molecule has 2 N–H and O–H groups in total. The molecule has 1 unspecified atom stereocenters. The first-order valence-corrected chi connectivity index (χ1v) is 7.13. The van der Waals surface area contributed by atoms with E-state index in [1.807, 2.05) is 6.07 Å². The maximum atomic E-state index is 11.8. The smallest absolute Gasteiger partial charge is 0.246 e. The van der Waals surface area contributed by atoms with Crippen LogP contribution in [0.3, 0.4) is 0 Å². The molecule has 2 aliphatic rings. The highest BCUT2D eigenvalue weighted by Gasteiger charge is 2.30. The van der Waals surface area contributed by atoms with Crippen LogP contribution in [0.2, 0.25) is 5.02 Å². The number of fused-ring (bicyclic) bond motifs is 1. The molecule has 0 aromatic heterocycles. The molecule has 1 aromatic carbocycles. The molecular formula is C14H17ClN2O3. The summed E-state index contributed by atoms with van der Waals surface area (Å²) < 4.78 is 11.2. The number of benzene rings is 1. The van der Waals surface area contributed by atoms with Crippen molar-refractivity contribution in [2.45, 2.75) is 25.0 Å². The lowest BCUT2D eigenvalue weighted by Crippen LogP contribution is -2.26. The van der Waals surface area contributed by atoms with Crippen LogP contribution >= 0.6 is 11.6 Å². The number of ether oxygens (including phenoxy) is 2. The zero-order valence-electron chi connectivity index (χ0n) is 11.2. The Morgan fingerprint density at radius 2 is 2.15 bits per heavy atom. The van der Waals surface area contributed by atoms with Crippen molar-refractivity contribution >= 4 is 23.2 Å². The number of rotatable bonds is 3. The van der Waals surface area contributed by atoms with Crippen molar-refractivity contribution in [3.05, 3.63) is 22.7 Å². The molecule has 0 radical (unpaired) electrons. The van der Waals surface area contributed by atoms with Gasteiger partial charge in [0.2, 0.25) is 5.91 Å². The molecule has 2 aliphatic heterocycles. The number of hydrogen-bond donors (Lipinski definition) is 2. The minimum atomic E-state index is -0.348. The Labute approximate surface area is 122 Å². The predicted octanol–water partition coefficient (Wildman–Crippen LogP) is 2.11. The van der Waals surface area contributed by atoms with Crippen molar-refractivity contribution in [2.24, 2.45) is 0 Å². The molecule has 0 bridgehead atoms. The highest BCUT2D eigenvalue weighted by molar-refractivity contribution is 6.32. The van der Waals surface area contributed by atoms with Gasteiger partial charge in [0.05, 0.1) is 18.2 Å². The summed E-state index contributed by atoms with van der Waals surface area (Å²) in [5.41, 5.74) is 1.63. The minimum Gasteiger partial charge on any atom is -0.489 e. The zero-order valence-corrected chi connectivity index (χ0v) is 12.0. The summed E-state index contributed by atoms with van der Waals surface area (Å²) in [5.74, 6) is 0.552. The molecule has 0 saturated carbocycles. The molecule has 0 spiro atoms. The van der Waals surface area contributed by atoms with Crippen LogP contribution in [0.5, 0.6) is 5.75 Å². The highest BCUT2D eigenvalue weighted by Crippen LogP contribution is 2.39. The van der Waals surface area contributed by atoms with E-state index in [1.165, 1.54) is 0 Å². The fraction of sp³-hybridized carbons (Fsp3) is 0.500. The van der Waals surface area contributed by atoms with Gasteiger partial charge in [-0.2, -0.15) is 0 Å². The van der Waals surface area contributed by atoms with Gasteiger partial charge in [0.15, 0.2) is 0 Å². The molecule has 1 amide bonds. The van der Waals surface area contributed by atoms with Crippen LogP contribution in [-0.2, 0) is 9.53 Å². The summed E-state index contributed by atoms with van der Waals surface area (Å²) >= 11 is 6.27. The Morgan fingerprint density at radius 1 is 1.40 bits per heavy atom. The minimum absolute atomic E-state index is 0.0678. The SMILES string of the molecule is CNC1C(=O)Nc2cc(OC3CCOCC3)c(Cl)cc21. The van der Waals surface area contributed by atoms with E-state index in [2.05, 4.69) is 10.6 Å². The van der Waals surface area contributed by atoms with Crippen molar-refractivity contribution in [2.75, 3.05) is 25.6 Å². The topological polar surface area (TPSA) is 59.6 Å². The number of carbonyl (C=O) groups excluding carboxylic acids is 1. The molecule has 5 nitrogen and oxygen atoms in total. The van der Waals surface area contributed by atoms with Gasteiger partial charge in [-0.25, -0.2) is 0 Å². The second-order valence-electron chi connectivity index (χ2n) is 5.01. The Balaban J connectivity index is 1.83. The summed E-state index contributed by atoms with van der Waals surface area (Å²) in [6, 6.07) is 3.26. The van der Waals surface area contributed by atoms with Crippen LogP contribution in [0.15, 0.2) is 12.1 Å². The van der Waals surface area contributed by atoms with Crippen molar-refractivity contribution in [3.63, 3.8) is 0 Å². The monoisotopic (exact) mass is 296 g/mol. The Morgan fingerprint density at radius 3 is 2.85 bits per heavy atom. The maximum Gasteiger partial charge on any atom is 0.246 e. The number of amides is 1. The summed E-state index contributed by atoms with van der Waals surface area (Å²) in [6.07, 6.45) is 1.84. The van der Waals surface area contributed by atoms with Crippen LogP contribution in [0.1, 0.15) is 24.4 Å². The number of halogens is 1. The van der Waals surface area contributed by atoms with Gasteiger partial charge in [-0.3, -0.25) is 4.79 Å². The van der Waals surface area contributed by atoms with Crippen LogP contribution < -0.4 is 15.4 Å². The maximum absolute atomic E-state index is 11.8. The van der Waals surface area contributed by atoms with E-state index >= 15 is 0 Å². The van der Waals surface area contributed by atoms with Crippen LogP contribution in [0, 0.1) is 0 Å². The van der Waals surface area contributed by atoms with E-state index in [0.717, 1.165) is 24.1 Å². The lowest BCUT2D eigenvalue weighted by atomic mass is 10.1. The Bertz CT molecular complexity index is 529. The van der Waals surface area contributed by atoms with E-state index in [4.69, 9.17) is 21.1 Å². The molecule has 1 fully saturated rings. The third-order valence-electron chi connectivity index (χ3n) is 3.69. The molecular weight excluding hydrogens is 280 g/mol. The standard InChI is InChI=1S/C14H17ClN2O3/c1-16-13-9-6-10(15)12(7-11(9)17-14(13)18)20-8-2-4-19-5-3-8/h6-8,13,16H,2-5H2,1H3,(H,17,18). The van der Waals surface area contributed by atoms with Crippen molar-refractivity contribution in [1.82, 2.24) is 5.32 Å². The molecule has 1 aromatic rings. The molecule has 6 heteroatoms. The van der Waals surface area contributed by atoms with Gasteiger partial charge in [-0.05, 0) is 13.1 Å². The Kier molecular flexibility index (Phi) is 3.83. The van der Waals surface area contributed by atoms with E-state index in [-0.39, 0.29) is 18.1 Å². The van der Waals surface area contributed by atoms with Crippen molar-refractivity contribution in [1.29, 1.82) is 0 Å². The fourth-order valence-corrected chi connectivity index (χ4v) is 2.83. The molecule has 108 valence electrons. The van der Waals surface area contributed by atoms with Gasteiger partial charge >= 0.3 is 0 Å². The van der Waals surface area contributed by atoms with Crippen molar-refractivity contribution in [3.8, 4) is 5.75 Å². The summed E-state index contributed by atoms with van der Waals surface area (Å²) in [7, 11) is 1.75. The first kappa shape index (κ1) is 13.7. The second-order valence-corrected chi connectivity index (χ2v) is 5.42. The van der Waals surface area contributed by atoms with E-state index in [1.54, 1.807) is 13.1 Å². The average Bonchev–Trinajstić information content (AvgIpc) is 2.75. The normalized spacial score (nSPS) is 22.5. The first-order valence-electron chi connectivity index (χ1n) is 6.75. The molecule has 3 rings (SSSR count). The number of nitrogens with one attached hydrogen (secondary N) is 2. The first-order chi connectivity index (χ1) is 9.69. The molecule has 2 heterocycles. The molecule has 20 heavy (non-hydrogen) atoms. The predicted molar refractivity (Wildman–Crippen MR) is 76.4 cm³/mol. The largest absolute Gasteiger partial charge is 0.489 e. The van der Waals surface area contributed by atoms with Gasteiger partial charge < -0.3 is 20.1 Å². The third-order valence-corrected chi connectivity index (χ3v) is 3.98. The quantitative estimate of drug-likeness (QED) is 0.897. The second kappa shape index (κ2) is 5.60. The van der Waals surface area contributed by atoms with Gasteiger partial charge in [-0.15, -0.1) is 0 Å². The highest BCUT2D eigenvalue weighted by atomic mass is 35.5. The van der Waals surface area contributed by atoms with E-state index in [0.29, 0.717) is 24.0 Å². The average molecular weight is 297 g/mol. The number of carbonyl (C=O) groups is 1. The van der Waals surface area contributed by atoms with E-state index in [9.17, 15) is 4.79 Å². The van der Waals surface area contributed by atoms with Crippen LogP contribution in [0.25, 0.3) is 0 Å². The van der Waals surface area contributed by atoms with Gasteiger partial charge in [0.1, 0.15) is 17.9 Å². The Hall–Kier alpha value is -1.30. The number of hydrogen-bond acceptors (Lipinski definition) is 4. The third kappa shape index (κ3) is 2.49. The summed E-state index contributed by atoms with van der Waals surface area (Å²) in [6.45, 7) is 1.43. The fourth-order valence-electron chi connectivity index (χ4n) is 2.61. The zero-order chi connectivity index (χ0) is 14.1. The van der Waals surface area contributed by atoms with E-state index < -0.39 is 0 Å². The van der Waals surface area contributed by atoms with Gasteiger partial charge in [-0.1, -0.05) is 11.6 Å². The number of anilines is 1. The van der Waals surface area contributed by atoms with Crippen LogP contribution in [-0.4, -0.2) is 32.3 Å². The molecule has 1 saturated heterocycles. The lowest BCUT2D eigenvalue weighted by Gasteiger charge is -2.24. The van der Waals surface area contributed by atoms with Crippen LogP contribution in [0.4, 0.5) is 5.69 Å². The molecule has 1 atom stereocenters. The van der Waals surface area contributed by atoms with Gasteiger partial charge in [0.25, 0.3) is 0 Å². The number of likely N-dealkylation sites (N-methyl/N-ethyl adjacent to an activating group) is 1. The summed E-state index contributed by atoms with van der Waals surface area (Å²) in [4.78, 5) is 11.8.